The van der Waals surface area contributed by atoms with Crippen LogP contribution in [0.25, 0.3) is 0 Å². The molecule has 0 radical (unpaired) electrons. The second kappa shape index (κ2) is 3.30. The van der Waals surface area contributed by atoms with Gasteiger partial charge in [0.25, 0.3) is 0 Å². The van der Waals surface area contributed by atoms with E-state index in [2.05, 4.69) is 14.3 Å². The molecule has 0 atom stereocenters. The molecule has 0 amide bonds. The first-order valence-electron chi connectivity index (χ1n) is 2.85. The molecule has 4 nitrogen and oxygen atoms in total. The predicted octanol–water partition coefficient (Wildman–Crippen LogP) is 1.10. The minimum Gasteiger partial charge on any atom is -0.342 e. The number of hydrogen-bond donors (Lipinski definition) is 0. The van der Waals surface area contributed by atoms with Crippen molar-refractivity contribution < 1.29 is 9.08 Å². The molecular formula is C6H5ClN2O2. The Bertz CT molecular complexity index is 277. The summed E-state index contributed by atoms with van der Waals surface area (Å²) in [6, 6.07) is 1.49. The smallest absolute Gasteiger partial charge is 0.342 e. The average molecular weight is 173 g/mol. The average Bonchev–Trinajstić information content (AvgIpc) is 2.03. The quantitative estimate of drug-likeness (QED) is 0.637. The molecule has 1 rings (SSSR count). The summed E-state index contributed by atoms with van der Waals surface area (Å²) < 4.78 is 3.93. The number of carbonyl (C=O) groups is 1. The van der Waals surface area contributed by atoms with Crippen LogP contribution in [0.5, 0.6) is 0 Å². The van der Waals surface area contributed by atoms with E-state index in [-0.39, 0.29) is 5.69 Å². The highest BCUT2D eigenvalue weighted by Crippen LogP contribution is 1.99. The molecule has 1 aromatic rings. The summed E-state index contributed by atoms with van der Waals surface area (Å²) in [5.74, 6) is -0.669. The molecule has 0 fully saturated rings. The van der Waals surface area contributed by atoms with E-state index < -0.39 is 5.97 Å². The van der Waals surface area contributed by atoms with Gasteiger partial charge in [-0.25, -0.2) is 14.8 Å². The number of halogens is 1. The molecule has 58 valence electrons. The highest BCUT2D eigenvalue weighted by Gasteiger charge is 2.07. The van der Waals surface area contributed by atoms with Gasteiger partial charge in [0.15, 0.2) is 5.69 Å². The summed E-state index contributed by atoms with van der Waals surface area (Å²) in [4.78, 5) is 18.2. The zero-order valence-corrected chi connectivity index (χ0v) is 6.50. The van der Waals surface area contributed by atoms with Crippen LogP contribution in [0.3, 0.4) is 0 Å². The number of rotatable bonds is 1. The zero-order chi connectivity index (χ0) is 8.27. The molecule has 0 saturated heterocycles. The Balaban J connectivity index is 2.96. The van der Waals surface area contributed by atoms with E-state index in [0.717, 1.165) is 0 Å². The van der Waals surface area contributed by atoms with Crippen LogP contribution in [0.15, 0.2) is 12.4 Å². The van der Waals surface area contributed by atoms with Crippen LogP contribution in [0.4, 0.5) is 0 Å². The lowest BCUT2D eigenvalue weighted by Crippen LogP contribution is -2.02. The van der Waals surface area contributed by atoms with Gasteiger partial charge in [-0.15, -0.1) is 0 Å². The molecule has 0 saturated carbocycles. The van der Waals surface area contributed by atoms with Crippen LogP contribution >= 0.6 is 11.9 Å². The number of nitrogens with zero attached hydrogens (tertiary/aromatic N) is 2. The van der Waals surface area contributed by atoms with Crippen LogP contribution in [0.2, 0.25) is 0 Å². The Morgan fingerprint density at radius 1 is 1.64 bits per heavy atom. The fraction of sp³-hybridized carbons (Fsp3) is 0.167. The molecule has 0 aliphatic carbocycles. The fourth-order valence-electron chi connectivity index (χ4n) is 0.606. The van der Waals surface area contributed by atoms with E-state index in [1.165, 1.54) is 12.4 Å². The van der Waals surface area contributed by atoms with Gasteiger partial charge < -0.3 is 4.29 Å². The van der Waals surface area contributed by atoms with Gasteiger partial charge in [0, 0.05) is 5.69 Å². The standard InChI is InChI=1S/C6H5ClN2O2/c1-4-2-5(6(10)11-7)9-3-8-4/h2-3H,1H3. The minimum absolute atomic E-state index is 0.160. The van der Waals surface area contributed by atoms with Crippen molar-refractivity contribution in [2.45, 2.75) is 6.92 Å². The first-order chi connectivity index (χ1) is 5.24. The van der Waals surface area contributed by atoms with Crippen molar-refractivity contribution in [2.75, 3.05) is 0 Å². The van der Waals surface area contributed by atoms with Crippen molar-refractivity contribution in [3.8, 4) is 0 Å². The second-order valence-corrected chi connectivity index (χ2v) is 2.06. The molecule has 0 aromatic carbocycles. The van der Waals surface area contributed by atoms with Gasteiger partial charge in [-0.05, 0) is 13.0 Å². The van der Waals surface area contributed by atoms with Gasteiger partial charge in [0.05, 0.1) is 0 Å². The zero-order valence-electron chi connectivity index (χ0n) is 5.74. The third kappa shape index (κ3) is 1.88. The van der Waals surface area contributed by atoms with Crippen molar-refractivity contribution in [2.24, 2.45) is 0 Å². The number of aromatic nitrogens is 2. The number of hydrogen-bond acceptors (Lipinski definition) is 4. The molecule has 1 heterocycles. The van der Waals surface area contributed by atoms with Gasteiger partial charge in [0.2, 0.25) is 0 Å². The van der Waals surface area contributed by atoms with Crippen LogP contribution < -0.4 is 0 Å². The van der Waals surface area contributed by atoms with Gasteiger partial charge in [-0.3, -0.25) is 0 Å². The van der Waals surface area contributed by atoms with Crippen molar-refractivity contribution in [1.29, 1.82) is 0 Å². The number of carbonyl (C=O) groups excluding carboxylic acids is 1. The summed E-state index contributed by atoms with van der Waals surface area (Å²) in [5.41, 5.74) is 0.851. The molecule has 5 heteroatoms. The van der Waals surface area contributed by atoms with Gasteiger partial charge >= 0.3 is 5.97 Å². The highest BCUT2D eigenvalue weighted by atomic mass is 35.5. The van der Waals surface area contributed by atoms with Crippen molar-refractivity contribution >= 4 is 17.8 Å². The Morgan fingerprint density at radius 3 is 2.91 bits per heavy atom. The topological polar surface area (TPSA) is 52.1 Å². The molecule has 0 spiro atoms. The third-order valence-electron chi connectivity index (χ3n) is 1.08. The summed E-state index contributed by atoms with van der Waals surface area (Å²) in [5, 5.41) is 0. The Morgan fingerprint density at radius 2 is 2.36 bits per heavy atom. The monoisotopic (exact) mass is 172 g/mol. The summed E-state index contributed by atoms with van der Waals surface area (Å²) in [6.45, 7) is 1.74. The van der Waals surface area contributed by atoms with E-state index in [1.54, 1.807) is 6.92 Å². The first kappa shape index (κ1) is 7.94. The second-order valence-electron chi connectivity index (χ2n) is 1.91. The molecule has 0 unspecified atom stereocenters. The maximum Gasteiger partial charge on any atom is 0.375 e. The minimum atomic E-state index is -0.669. The maximum absolute atomic E-state index is 10.7. The summed E-state index contributed by atoms with van der Waals surface area (Å²) in [6.07, 6.45) is 1.28. The summed E-state index contributed by atoms with van der Waals surface area (Å²) >= 11 is 4.83. The van der Waals surface area contributed by atoms with E-state index in [0.29, 0.717) is 5.69 Å². The van der Waals surface area contributed by atoms with Crippen LogP contribution in [0.1, 0.15) is 16.2 Å². The lowest BCUT2D eigenvalue weighted by atomic mass is 10.3. The molecule has 1 aromatic heterocycles. The van der Waals surface area contributed by atoms with Crippen molar-refractivity contribution in [3.63, 3.8) is 0 Å². The van der Waals surface area contributed by atoms with Crippen LogP contribution in [-0.2, 0) is 4.29 Å². The lowest BCUT2D eigenvalue weighted by Gasteiger charge is -1.94. The predicted molar refractivity (Wildman–Crippen MR) is 38.0 cm³/mol. The van der Waals surface area contributed by atoms with Crippen LogP contribution in [-0.4, -0.2) is 15.9 Å². The SMILES string of the molecule is Cc1cc(C(=O)OCl)ncn1. The Labute approximate surface area is 68.4 Å². The van der Waals surface area contributed by atoms with Gasteiger partial charge in [0.1, 0.15) is 18.2 Å². The van der Waals surface area contributed by atoms with Gasteiger partial charge in [-0.2, -0.15) is 0 Å². The molecule has 11 heavy (non-hydrogen) atoms. The normalized spacial score (nSPS) is 9.27. The van der Waals surface area contributed by atoms with E-state index in [9.17, 15) is 4.79 Å². The van der Waals surface area contributed by atoms with E-state index >= 15 is 0 Å². The van der Waals surface area contributed by atoms with Crippen LogP contribution in [0, 0.1) is 6.92 Å². The van der Waals surface area contributed by atoms with Crippen molar-refractivity contribution in [1.82, 2.24) is 9.97 Å². The summed E-state index contributed by atoms with van der Waals surface area (Å²) in [7, 11) is 0. The van der Waals surface area contributed by atoms with E-state index in [1.807, 2.05) is 0 Å². The highest BCUT2D eigenvalue weighted by molar-refractivity contribution is 6.15. The molecular weight excluding hydrogens is 168 g/mol. The molecule has 0 aliphatic heterocycles. The largest absolute Gasteiger partial charge is 0.375 e. The first-order valence-corrected chi connectivity index (χ1v) is 3.16. The molecule has 0 bridgehead atoms. The van der Waals surface area contributed by atoms with E-state index in [4.69, 9.17) is 11.9 Å². The number of aryl methyl sites for hydroxylation is 1. The Kier molecular flexibility index (Phi) is 2.38. The molecule has 0 N–H and O–H groups in total. The van der Waals surface area contributed by atoms with Gasteiger partial charge in [-0.1, -0.05) is 0 Å². The van der Waals surface area contributed by atoms with Crippen molar-refractivity contribution in [3.05, 3.63) is 23.8 Å². The maximum atomic E-state index is 10.7. The Hall–Kier alpha value is -1.16. The third-order valence-corrected chi connectivity index (χ3v) is 1.22. The lowest BCUT2D eigenvalue weighted by molar-refractivity contribution is 0.0745. The fourth-order valence-corrected chi connectivity index (χ4v) is 0.685. The molecule has 0 aliphatic rings.